The van der Waals surface area contributed by atoms with Gasteiger partial charge in [0.1, 0.15) is 4.83 Å². The molecule has 0 saturated heterocycles. The van der Waals surface area contributed by atoms with Crippen molar-refractivity contribution in [2.45, 2.75) is 25.3 Å². The van der Waals surface area contributed by atoms with E-state index in [2.05, 4.69) is 29.3 Å². The van der Waals surface area contributed by atoms with Crippen molar-refractivity contribution in [3.63, 3.8) is 0 Å². The van der Waals surface area contributed by atoms with Gasteiger partial charge in [-0.05, 0) is 58.6 Å². The summed E-state index contributed by atoms with van der Waals surface area (Å²) >= 11 is 1.68. The molecule has 0 saturated carbocycles. The van der Waals surface area contributed by atoms with Crippen LogP contribution in [0.25, 0.3) is 20.4 Å². The number of aryl methyl sites for hydroxylation is 3. The number of nitrogens with one attached hydrogen (secondary N) is 1. The van der Waals surface area contributed by atoms with Crippen LogP contribution in [0.4, 0.5) is 5.82 Å². The molecule has 1 aromatic carbocycles. The Bertz CT molecular complexity index is 1270. The Hall–Kier alpha value is -2.38. The van der Waals surface area contributed by atoms with E-state index in [0.29, 0.717) is 6.54 Å². The summed E-state index contributed by atoms with van der Waals surface area (Å²) in [6.07, 6.45) is 1.66. The van der Waals surface area contributed by atoms with Gasteiger partial charge in [0, 0.05) is 35.8 Å². The van der Waals surface area contributed by atoms with Crippen LogP contribution in [0.5, 0.6) is 0 Å². The largest absolute Gasteiger partial charge is 0.363 e. The molecular weight excluding hydrogens is 376 g/mol. The summed E-state index contributed by atoms with van der Waals surface area (Å²) in [7, 11) is -0.204. The molecule has 7 heteroatoms. The molecule has 0 fully saturated rings. The minimum atomic E-state index is -2.18. The molecule has 3 aromatic heterocycles. The van der Waals surface area contributed by atoms with E-state index in [1.807, 2.05) is 42.9 Å². The first kappa shape index (κ1) is 18.0. The van der Waals surface area contributed by atoms with Gasteiger partial charge in [-0.25, -0.2) is 4.98 Å². The molecule has 0 aliphatic carbocycles. The van der Waals surface area contributed by atoms with Crippen LogP contribution in [0.1, 0.15) is 16.8 Å². The van der Waals surface area contributed by atoms with Crippen molar-refractivity contribution in [2.24, 2.45) is 7.05 Å². The molecule has 0 spiro atoms. The Labute approximate surface area is 163 Å². The van der Waals surface area contributed by atoms with Gasteiger partial charge in [0.05, 0.1) is 10.2 Å². The van der Waals surface area contributed by atoms with Crippen LogP contribution in [0.3, 0.4) is 0 Å². The Morgan fingerprint density at radius 2 is 1.96 bits per heavy atom. The molecule has 27 heavy (non-hydrogen) atoms. The van der Waals surface area contributed by atoms with Crippen LogP contribution in [-0.2, 0) is 23.1 Å². The van der Waals surface area contributed by atoms with Crippen LogP contribution in [0.2, 0.25) is 0 Å². The van der Waals surface area contributed by atoms with E-state index < -0.39 is 9.52 Å². The summed E-state index contributed by atoms with van der Waals surface area (Å²) in [5.41, 5.74) is 4.49. The fourth-order valence-corrected chi connectivity index (χ4v) is 5.33. The van der Waals surface area contributed by atoms with Crippen LogP contribution in [-0.4, -0.2) is 31.1 Å². The molecule has 5 nitrogen and oxygen atoms in total. The molecule has 1 atom stereocenters. The highest BCUT2D eigenvalue weighted by Gasteiger charge is 2.17. The number of anilines is 1. The minimum Gasteiger partial charge on any atom is -0.363 e. The summed E-state index contributed by atoms with van der Waals surface area (Å²) in [6, 6.07) is 9.85. The normalized spacial score (nSPS) is 13.9. The molecule has 1 N–H and O–H groups in total. The fourth-order valence-electron chi connectivity index (χ4n) is 3.33. The number of fused-ring (bicyclic) bond motifs is 3. The molecule has 1 unspecified atom stereocenters. The van der Waals surface area contributed by atoms with Gasteiger partial charge in [-0.1, -0.05) is 12.1 Å². The monoisotopic (exact) mass is 398 g/mol. The molecule has 0 aliphatic rings. The van der Waals surface area contributed by atoms with Crippen molar-refractivity contribution >= 4 is 53.0 Å². The zero-order chi connectivity index (χ0) is 19.3. The van der Waals surface area contributed by atoms with E-state index in [0.717, 1.165) is 37.0 Å². The highest BCUT2D eigenvalue weighted by molar-refractivity contribution is 7.99. The fraction of sp³-hybridized carbons (Fsp3) is 0.250. The van der Waals surface area contributed by atoms with Crippen molar-refractivity contribution in [1.29, 1.82) is 0 Å². The number of rotatable bonds is 4. The highest BCUT2D eigenvalue weighted by Crippen LogP contribution is 2.38. The van der Waals surface area contributed by atoms with Gasteiger partial charge in [0.2, 0.25) is 0 Å². The zero-order valence-corrected chi connectivity index (χ0v) is 17.5. The number of aromatic nitrogens is 3. The van der Waals surface area contributed by atoms with E-state index in [1.54, 1.807) is 17.6 Å². The smallest absolute Gasteiger partial charge is 0.166 e. The standard InChI is InChI=1S/C20H22N4OS2/c1-12-10-13(2)22-20-16(12)17-18(26-20)19(23-24(17)3)21-11-14-6-8-15(9-7-14)27(4,5)25/h6-10H,4,11H2,1-3,5H3,(H,21,23). The molecule has 0 amide bonds. The van der Waals surface area contributed by atoms with Crippen molar-refractivity contribution < 1.29 is 4.21 Å². The van der Waals surface area contributed by atoms with Gasteiger partial charge in [0.15, 0.2) is 5.82 Å². The predicted molar refractivity (Wildman–Crippen MR) is 117 cm³/mol. The average molecular weight is 399 g/mol. The van der Waals surface area contributed by atoms with E-state index >= 15 is 0 Å². The van der Waals surface area contributed by atoms with Gasteiger partial charge in [-0.2, -0.15) is 5.10 Å². The molecule has 0 bridgehead atoms. The molecule has 4 rings (SSSR count). The lowest BCUT2D eigenvalue weighted by molar-refractivity contribution is 0.685. The maximum Gasteiger partial charge on any atom is 0.166 e. The zero-order valence-electron chi connectivity index (χ0n) is 15.9. The van der Waals surface area contributed by atoms with E-state index in [4.69, 9.17) is 4.98 Å². The van der Waals surface area contributed by atoms with Crippen LogP contribution in [0, 0.1) is 13.8 Å². The Morgan fingerprint density at radius 3 is 2.63 bits per heavy atom. The number of benzene rings is 1. The SMILES string of the molecule is C=S(C)(=O)c1ccc(CNc2nn(C)c3c2sc2nc(C)cc(C)c23)cc1. The second kappa shape index (κ2) is 6.35. The molecule has 3 heterocycles. The molecule has 140 valence electrons. The Morgan fingerprint density at radius 1 is 1.26 bits per heavy atom. The first-order chi connectivity index (χ1) is 12.7. The lowest BCUT2D eigenvalue weighted by Gasteiger charge is -2.06. The molecule has 0 radical (unpaired) electrons. The van der Waals surface area contributed by atoms with Gasteiger partial charge in [0.25, 0.3) is 0 Å². The molecular formula is C20H22N4OS2. The first-order valence-corrected chi connectivity index (χ1v) is 11.6. The first-order valence-electron chi connectivity index (χ1n) is 8.62. The second-order valence-electron chi connectivity index (χ2n) is 7.02. The summed E-state index contributed by atoms with van der Waals surface area (Å²) in [6.45, 7) is 4.80. The topological polar surface area (TPSA) is 59.8 Å². The minimum absolute atomic E-state index is 0.647. The summed E-state index contributed by atoms with van der Waals surface area (Å²) in [5.74, 6) is 4.60. The Balaban J connectivity index is 1.67. The van der Waals surface area contributed by atoms with E-state index in [9.17, 15) is 4.21 Å². The molecule has 0 aliphatic heterocycles. The van der Waals surface area contributed by atoms with Gasteiger partial charge >= 0.3 is 0 Å². The maximum atomic E-state index is 12.0. The Kier molecular flexibility index (Phi) is 4.24. The highest BCUT2D eigenvalue weighted by atomic mass is 32.2. The maximum absolute atomic E-state index is 12.0. The van der Waals surface area contributed by atoms with Crippen LogP contribution in [0.15, 0.2) is 35.2 Å². The second-order valence-corrected chi connectivity index (χ2v) is 10.5. The third-order valence-corrected chi connectivity index (χ3v) is 6.98. The van der Waals surface area contributed by atoms with E-state index in [-0.39, 0.29) is 0 Å². The third kappa shape index (κ3) is 3.21. The predicted octanol–water partition coefficient (Wildman–Crippen LogP) is 4.12. The van der Waals surface area contributed by atoms with Crippen molar-refractivity contribution in [1.82, 2.24) is 14.8 Å². The summed E-state index contributed by atoms with van der Waals surface area (Å²) in [4.78, 5) is 6.52. The number of pyridine rings is 1. The number of hydrogen-bond acceptors (Lipinski definition) is 5. The number of nitrogens with zero attached hydrogens (tertiary/aromatic N) is 3. The van der Waals surface area contributed by atoms with Crippen molar-refractivity contribution in [3.8, 4) is 0 Å². The lowest BCUT2D eigenvalue weighted by Crippen LogP contribution is -2.02. The summed E-state index contributed by atoms with van der Waals surface area (Å²) < 4.78 is 15.1. The quantitative estimate of drug-likeness (QED) is 0.526. The average Bonchev–Trinajstić information content (AvgIpc) is 3.10. The van der Waals surface area contributed by atoms with Gasteiger partial charge < -0.3 is 5.32 Å². The van der Waals surface area contributed by atoms with Gasteiger partial charge in [-0.3, -0.25) is 8.89 Å². The number of hydrogen-bond donors (Lipinski definition) is 1. The van der Waals surface area contributed by atoms with E-state index in [1.165, 1.54) is 10.9 Å². The van der Waals surface area contributed by atoms with Crippen LogP contribution < -0.4 is 5.32 Å². The van der Waals surface area contributed by atoms with Crippen LogP contribution >= 0.6 is 11.3 Å². The number of thiophene rings is 1. The lowest BCUT2D eigenvalue weighted by atomic mass is 10.1. The molecule has 4 aromatic rings. The van der Waals surface area contributed by atoms with Crippen molar-refractivity contribution in [2.75, 3.05) is 11.6 Å². The summed E-state index contributed by atoms with van der Waals surface area (Å²) in [5, 5.41) is 9.29. The van der Waals surface area contributed by atoms with Crippen molar-refractivity contribution in [3.05, 3.63) is 47.2 Å². The third-order valence-electron chi connectivity index (χ3n) is 4.63. The van der Waals surface area contributed by atoms with Gasteiger partial charge in [-0.15, -0.1) is 11.3 Å².